The van der Waals surface area contributed by atoms with Crippen molar-refractivity contribution < 1.29 is 9.84 Å². The summed E-state index contributed by atoms with van der Waals surface area (Å²) in [6.07, 6.45) is 1.61. The van der Waals surface area contributed by atoms with E-state index >= 15 is 0 Å². The summed E-state index contributed by atoms with van der Waals surface area (Å²) in [5.74, 6) is 2.05. The molecule has 0 aliphatic carbocycles. The van der Waals surface area contributed by atoms with Crippen LogP contribution in [0.25, 0.3) is 11.0 Å². The second-order valence-electron chi connectivity index (χ2n) is 6.48. The third kappa shape index (κ3) is 3.72. The highest BCUT2D eigenvalue weighted by molar-refractivity contribution is 9.10. The molecule has 0 aliphatic heterocycles. The Hall–Kier alpha value is -2.90. The minimum absolute atomic E-state index is 0.124. The van der Waals surface area contributed by atoms with Gasteiger partial charge in [-0.25, -0.2) is 4.98 Å². The molecule has 6 nitrogen and oxygen atoms in total. The number of hydrogen-bond donors (Lipinski definition) is 2. The third-order valence-corrected chi connectivity index (χ3v) is 5.34. The fourth-order valence-corrected chi connectivity index (χ4v) is 3.20. The molecule has 0 bridgehead atoms. The second-order valence-corrected chi connectivity index (χ2v) is 7.33. The molecule has 0 aliphatic rings. The Bertz CT molecular complexity index is 1160. The van der Waals surface area contributed by atoms with Crippen LogP contribution in [-0.4, -0.2) is 19.6 Å². The number of hydrogen-bond acceptors (Lipinski definition) is 5. The standard InChI is InChI=1S/C21H19BrN4O2/c1-13-9-14(3-5-18(13)22)24-21-25-19-11-16(4-6-20(19)26(21)2)28-17-7-8-23-15(10-17)12-27/h3-11,27H,12H2,1-2H3,(H,24,25). The van der Waals surface area contributed by atoms with Crippen molar-refractivity contribution in [3.8, 4) is 11.5 Å². The SMILES string of the molecule is Cc1cc(Nc2nc3cc(Oc4ccnc(CO)c4)ccc3n2C)ccc1Br. The Balaban J connectivity index is 1.62. The number of halogens is 1. The first-order valence-electron chi connectivity index (χ1n) is 8.77. The van der Waals surface area contributed by atoms with Gasteiger partial charge in [0.25, 0.3) is 0 Å². The lowest BCUT2D eigenvalue weighted by Gasteiger charge is -2.08. The van der Waals surface area contributed by atoms with Crippen LogP contribution in [0.4, 0.5) is 11.6 Å². The number of fused-ring (bicyclic) bond motifs is 1. The van der Waals surface area contributed by atoms with E-state index in [1.54, 1.807) is 18.3 Å². The van der Waals surface area contributed by atoms with Gasteiger partial charge in [0.2, 0.25) is 5.95 Å². The first-order chi connectivity index (χ1) is 13.5. The number of aryl methyl sites for hydroxylation is 2. The third-order valence-electron chi connectivity index (χ3n) is 4.45. The van der Waals surface area contributed by atoms with E-state index in [-0.39, 0.29) is 6.61 Å². The number of imidazole rings is 1. The molecule has 4 rings (SSSR count). The van der Waals surface area contributed by atoms with Crippen molar-refractivity contribution in [1.82, 2.24) is 14.5 Å². The summed E-state index contributed by atoms with van der Waals surface area (Å²) in [7, 11) is 1.97. The number of aliphatic hydroxyl groups is 1. The molecule has 4 aromatic rings. The van der Waals surface area contributed by atoms with Gasteiger partial charge >= 0.3 is 0 Å². The number of aliphatic hydroxyl groups excluding tert-OH is 1. The molecule has 28 heavy (non-hydrogen) atoms. The topological polar surface area (TPSA) is 72.2 Å². The molecule has 0 unspecified atom stereocenters. The number of rotatable bonds is 5. The molecular weight excluding hydrogens is 420 g/mol. The smallest absolute Gasteiger partial charge is 0.208 e. The highest BCUT2D eigenvalue weighted by Crippen LogP contribution is 2.29. The van der Waals surface area contributed by atoms with Crippen molar-refractivity contribution in [3.63, 3.8) is 0 Å². The lowest BCUT2D eigenvalue weighted by Crippen LogP contribution is -1.99. The minimum Gasteiger partial charge on any atom is -0.457 e. The van der Waals surface area contributed by atoms with Crippen molar-refractivity contribution in [1.29, 1.82) is 0 Å². The van der Waals surface area contributed by atoms with Crippen LogP contribution >= 0.6 is 15.9 Å². The molecule has 0 amide bonds. The van der Waals surface area contributed by atoms with E-state index in [0.29, 0.717) is 17.2 Å². The van der Waals surface area contributed by atoms with Crippen molar-refractivity contribution in [3.05, 3.63) is 70.5 Å². The average molecular weight is 439 g/mol. The molecule has 142 valence electrons. The molecular formula is C21H19BrN4O2. The summed E-state index contributed by atoms with van der Waals surface area (Å²) in [5, 5.41) is 12.6. The van der Waals surface area contributed by atoms with Crippen LogP contribution in [0.15, 0.2) is 59.2 Å². The molecule has 7 heteroatoms. The van der Waals surface area contributed by atoms with Crippen LogP contribution < -0.4 is 10.1 Å². The van der Waals surface area contributed by atoms with Crippen molar-refractivity contribution >= 4 is 38.6 Å². The highest BCUT2D eigenvalue weighted by atomic mass is 79.9. The zero-order valence-corrected chi connectivity index (χ0v) is 17.1. The van der Waals surface area contributed by atoms with Crippen LogP contribution in [-0.2, 0) is 13.7 Å². The normalized spacial score (nSPS) is 11.0. The molecule has 0 atom stereocenters. The summed E-state index contributed by atoms with van der Waals surface area (Å²) in [5.41, 5.74) is 4.51. The zero-order chi connectivity index (χ0) is 19.7. The van der Waals surface area contributed by atoms with Crippen LogP contribution in [0.1, 0.15) is 11.3 Å². The van der Waals surface area contributed by atoms with Gasteiger partial charge in [-0.2, -0.15) is 0 Å². The van der Waals surface area contributed by atoms with Crippen LogP contribution in [0.3, 0.4) is 0 Å². The Morgan fingerprint density at radius 1 is 1.11 bits per heavy atom. The van der Waals surface area contributed by atoms with Crippen LogP contribution in [0.5, 0.6) is 11.5 Å². The van der Waals surface area contributed by atoms with E-state index in [9.17, 15) is 5.11 Å². The molecule has 0 saturated heterocycles. The largest absolute Gasteiger partial charge is 0.457 e. The van der Waals surface area contributed by atoms with E-state index in [4.69, 9.17) is 9.72 Å². The number of anilines is 2. The molecule has 0 spiro atoms. The lowest BCUT2D eigenvalue weighted by molar-refractivity contribution is 0.276. The maximum atomic E-state index is 9.22. The minimum atomic E-state index is -0.124. The fourth-order valence-electron chi connectivity index (χ4n) is 2.95. The Kier molecular flexibility index (Phi) is 5.02. The van der Waals surface area contributed by atoms with Gasteiger partial charge in [-0.15, -0.1) is 0 Å². The molecule has 0 saturated carbocycles. The van der Waals surface area contributed by atoms with Gasteiger partial charge in [0.15, 0.2) is 0 Å². The van der Waals surface area contributed by atoms with Crippen molar-refractivity contribution in [2.45, 2.75) is 13.5 Å². The maximum Gasteiger partial charge on any atom is 0.208 e. The fraction of sp³-hybridized carbons (Fsp3) is 0.143. The Morgan fingerprint density at radius 2 is 1.93 bits per heavy atom. The van der Waals surface area contributed by atoms with Gasteiger partial charge in [-0.05, 0) is 48.9 Å². The van der Waals surface area contributed by atoms with Gasteiger partial charge in [0.05, 0.1) is 23.3 Å². The summed E-state index contributed by atoms with van der Waals surface area (Å²) < 4.78 is 8.98. The Labute approximate surface area is 171 Å². The average Bonchev–Trinajstić information content (AvgIpc) is 3.00. The summed E-state index contributed by atoms with van der Waals surface area (Å²) >= 11 is 3.52. The predicted octanol–water partition coefficient (Wildman–Crippen LogP) is 5.07. The number of ether oxygens (including phenoxy) is 1. The van der Waals surface area contributed by atoms with Gasteiger partial charge in [0.1, 0.15) is 11.5 Å². The highest BCUT2D eigenvalue weighted by Gasteiger charge is 2.10. The number of nitrogens with one attached hydrogen (secondary N) is 1. The van der Waals surface area contributed by atoms with Crippen molar-refractivity contribution in [2.24, 2.45) is 7.05 Å². The molecule has 2 aromatic heterocycles. The first-order valence-corrected chi connectivity index (χ1v) is 9.56. The van der Waals surface area contributed by atoms with Gasteiger partial charge in [-0.3, -0.25) is 4.98 Å². The number of pyridine rings is 1. The first kappa shape index (κ1) is 18.5. The monoisotopic (exact) mass is 438 g/mol. The summed E-state index contributed by atoms with van der Waals surface area (Å²) in [6.45, 7) is 1.93. The number of aromatic nitrogens is 3. The quantitative estimate of drug-likeness (QED) is 0.455. The van der Waals surface area contributed by atoms with E-state index in [0.717, 1.165) is 32.7 Å². The molecule has 2 heterocycles. The predicted molar refractivity (Wildman–Crippen MR) is 113 cm³/mol. The molecule has 2 N–H and O–H groups in total. The summed E-state index contributed by atoms with van der Waals surface area (Å²) in [4.78, 5) is 8.76. The summed E-state index contributed by atoms with van der Waals surface area (Å²) in [6, 6.07) is 15.3. The molecule has 2 aromatic carbocycles. The van der Waals surface area contributed by atoms with E-state index < -0.39 is 0 Å². The Morgan fingerprint density at radius 3 is 2.71 bits per heavy atom. The molecule has 0 fully saturated rings. The van der Waals surface area contributed by atoms with E-state index in [1.165, 1.54) is 0 Å². The van der Waals surface area contributed by atoms with Crippen LogP contribution in [0.2, 0.25) is 0 Å². The van der Waals surface area contributed by atoms with Gasteiger partial charge < -0.3 is 19.7 Å². The van der Waals surface area contributed by atoms with Gasteiger partial charge in [-0.1, -0.05) is 15.9 Å². The van der Waals surface area contributed by atoms with E-state index in [2.05, 4.69) is 39.2 Å². The number of benzene rings is 2. The maximum absolute atomic E-state index is 9.22. The number of nitrogens with zero attached hydrogens (tertiary/aromatic N) is 3. The van der Waals surface area contributed by atoms with Crippen molar-refractivity contribution in [2.75, 3.05) is 5.32 Å². The van der Waals surface area contributed by atoms with E-state index in [1.807, 2.05) is 41.9 Å². The second kappa shape index (κ2) is 7.61. The molecule has 0 radical (unpaired) electrons. The lowest BCUT2D eigenvalue weighted by atomic mass is 10.2. The zero-order valence-electron chi connectivity index (χ0n) is 15.5. The van der Waals surface area contributed by atoms with Gasteiger partial charge in [0, 0.05) is 35.5 Å². The van der Waals surface area contributed by atoms with Crippen LogP contribution in [0, 0.1) is 6.92 Å².